The quantitative estimate of drug-likeness (QED) is 0.186. The van der Waals surface area contributed by atoms with Gasteiger partial charge in [-0.15, -0.1) is 0 Å². The summed E-state index contributed by atoms with van der Waals surface area (Å²) in [6, 6.07) is 0. The minimum absolute atomic E-state index is 0.0559. The lowest BCUT2D eigenvalue weighted by Crippen LogP contribution is -2.52. The highest BCUT2D eigenvalue weighted by Gasteiger charge is 2.53. The zero-order valence-electron chi connectivity index (χ0n) is 25.2. The van der Waals surface area contributed by atoms with Gasteiger partial charge in [-0.2, -0.15) is 0 Å². The summed E-state index contributed by atoms with van der Waals surface area (Å²) in [4.78, 5) is 0. The van der Waals surface area contributed by atoms with Gasteiger partial charge in [-0.25, -0.2) is 0 Å². The number of allylic oxidation sites excluding steroid dienone is 1. The van der Waals surface area contributed by atoms with E-state index in [0.717, 1.165) is 43.9 Å². The van der Waals surface area contributed by atoms with Crippen LogP contribution in [0, 0.1) is 40.4 Å². The highest BCUT2D eigenvalue weighted by Crippen LogP contribution is 2.61. The Morgan fingerprint density at radius 2 is 1.68 bits per heavy atom. The molecule has 0 bridgehead atoms. The van der Waals surface area contributed by atoms with Crippen molar-refractivity contribution in [2.75, 3.05) is 19.7 Å². The lowest BCUT2D eigenvalue weighted by atomic mass is 9.49. The van der Waals surface area contributed by atoms with E-state index in [1.54, 1.807) is 0 Å². The highest BCUT2D eigenvalue weighted by molar-refractivity contribution is 5.11. The van der Waals surface area contributed by atoms with Gasteiger partial charge in [-0.05, 0) is 99.0 Å². The Balaban J connectivity index is 1.05. The molecule has 0 aromatic heterocycles. The molecule has 4 aliphatic carbocycles. The highest BCUT2D eigenvalue weighted by atomic mass is 16.5. The number of hydrogen-bond acceptors (Lipinski definition) is 3. The lowest BCUT2D eigenvalue weighted by molar-refractivity contribution is -0.123. The van der Waals surface area contributed by atoms with Gasteiger partial charge in [0.05, 0.1) is 18.5 Å². The monoisotopic (exact) mass is 527 g/mol. The first kappa shape index (κ1) is 29.0. The molecule has 1 spiro atoms. The number of aliphatic hydroxyl groups excluding tert-OH is 1. The van der Waals surface area contributed by atoms with Crippen molar-refractivity contribution in [1.29, 1.82) is 0 Å². The number of aliphatic hydroxyl groups is 1. The van der Waals surface area contributed by atoms with E-state index in [1.807, 2.05) is 0 Å². The number of hydrogen-bond donors (Lipinski definition) is 2. The second-order valence-electron chi connectivity index (χ2n) is 15.1. The minimum Gasteiger partial charge on any atom is -0.497 e. The molecule has 3 atom stereocenters. The Morgan fingerprint density at radius 3 is 2.34 bits per heavy atom. The third kappa shape index (κ3) is 7.59. The molecule has 0 aromatic rings. The van der Waals surface area contributed by atoms with Crippen molar-refractivity contribution < 1.29 is 9.84 Å². The summed E-state index contributed by atoms with van der Waals surface area (Å²) in [7, 11) is 0. The number of ether oxygens (including phenoxy) is 1. The minimum atomic E-state index is -0.119. The van der Waals surface area contributed by atoms with Crippen LogP contribution >= 0.6 is 0 Å². The maximum atomic E-state index is 11.7. The third-order valence-electron chi connectivity index (χ3n) is 11.9. The van der Waals surface area contributed by atoms with Crippen molar-refractivity contribution in [2.45, 2.75) is 148 Å². The number of rotatable bonds is 17. The molecule has 0 saturated heterocycles. The summed E-state index contributed by atoms with van der Waals surface area (Å²) in [6.45, 7) is 7.67. The van der Waals surface area contributed by atoms with Crippen LogP contribution in [-0.4, -0.2) is 30.9 Å². The molecule has 0 radical (unpaired) electrons. The summed E-state index contributed by atoms with van der Waals surface area (Å²) in [5.74, 6) is 4.99. The molecule has 4 saturated carbocycles. The molecular weight excluding hydrogens is 466 g/mol. The van der Waals surface area contributed by atoms with Crippen LogP contribution in [0.1, 0.15) is 142 Å². The Morgan fingerprint density at radius 1 is 0.974 bits per heavy atom. The van der Waals surface area contributed by atoms with E-state index in [2.05, 4.69) is 25.2 Å². The van der Waals surface area contributed by atoms with Gasteiger partial charge in [0.1, 0.15) is 0 Å². The molecule has 5 rings (SSSR count). The topological polar surface area (TPSA) is 41.5 Å². The molecule has 3 nitrogen and oxygen atoms in total. The number of unbranched alkanes of at least 4 members (excludes halogenated alkanes) is 4. The second kappa shape index (κ2) is 13.4. The summed E-state index contributed by atoms with van der Waals surface area (Å²) in [5.41, 5.74) is 0.703. The maximum Gasteiger partial charge on any atom is 0.0955 e. The van der Waals surface area contributed by atoms with Crippen molar-refractivity contribution >= 4 is 0 Å². The summed E-state index contributed by atoms with van der Waals surface area (Å²) < 4.78 is 5.95. The van der Waals surface area contributed by atoms with Crippen LogP contribution in [0.25, 0.3) is 0 Å². The molecular formula is C35H61NO2. The lowest BCUT2D eigenvalue weighted by Gasteiger charge is -2.58. The Hall–Kier alpha value is -0.540. The van der Waals surface area contributed by atoms with Crippen LogP contribution in [0.15, 0.2) is 11.8 Å². The molecule has 0 amide bonds. The molecule has 1 aliphatic heterocycles. The SMILES string of the molecule is CCCCCCCC1CCC(CCC(C)(CCNCC2C=C(C3CC3)OC2)C(O)C2CC3(CCC3)C2)CC1. The fraction of sp³-hybridized carbons (Fsp3) is 0.943. The smallest absolute Gasteiger partial charge is 0.0955 e. The standard InChI is InChI=1S/C35H61NO2/c1-3-4-5-6-7-9-27-10-12-28(13-11-27)16-19-34(2,33(37)31-23-35(24-31)17-8-18-35)20-21-36-25-29-22-32(38-26-29)30-14-15-30/h22,27-31,33,36-37H,3-21,23-26H2,1-2H3. The first-order chi connectivity index (χ1) is 18.5. The first-order valence-electron chi connectivity index (χ1n) is 17.2. The predicted octanol–water partition coefficient (Wildman–Crippen LogP) is 8.80. The molecule has 3 unspecified atom stereocenters. The Labute approximate surface area is 235 Å². The van der Waals surface area contributed by atoms with Gasteiger partial charge in [0.25, 0.3) is 0 Å². The fourth-order valence-electron chi connectivity index (χ4n) is 8.66. The zero-order chi connectivity index (χ0) is 26.4. The summed E-state index contributed by atoms with van der Waals surface area (Å²) in [6.07, 6.45) is 29.9. The van der Waals surface area contributed by atoms with Crippen LogP contribution in [0.4, 0.5) is 0 Å². The predicted molar refractivity (Wildman–Crippen MR) is 159 cm³/mol. The van der Waals surface area contributed by atoms with Crippen molar-refractivity contribution in [3.63, 3.8) is 0 Å². The molecule has 4 fully saturated rings. The molecule has 3 heteroatoms. The molecule has 0 aromatic carbocycles. The van der Waals surface area contributed by atoms with Gasteiger partial charge in [-0.3, -0.25) is 0 Å². The van der Waals surface area contributed by atoms with E-state index in [-0.39, 0.29) is 11.5 Å². The third-order valence-corrected chi connectivity index (χ3v) is 11.9. The van der Waals surface area contributed by atoms with Gasteiger partial charge in [0.15, 0.2) is 0 Å². The van der Waals surface area contributed by atoms with Crippen LogP contribution in [0.2, 0.25) is 0 Å². The average molecular weight is 528 g/mol. The number of nitrogens with one attached hydrogen (secondary N) is 1. The second-order valence-corrected chi connectivity index (χ2v) is 15.1. The van der Waals surface area contributed by atoms with Crippen molar-refractivity contribution in [2.24, 2.45) is 40.4 Å². The van der Waals surface area contributed by atoms with Crippen LogP contribution in [-0.2, 0) is 4.74 Å². The van der Waals surface area contributed by atoms with E-state index in [1.165, 1.54) is 128 Å². The molecule has 1 heterocycles. The Kier molecular flexibility index (Phi) is 10.2. The van der Waals surface area contributed by atoms with Gasteiger partial charge in [0, 0.05) is 18.4 Å². The normalized spacial score (nSPS) is 31.2. The van der Waals surface area contributed by atoms with Gasteiger partial charge in [0.2, 0.25) is 0 Å². The van der Waals surface area contributed by atoms with E-state index in [9.17, 15) is 5.11 Å². The maximum absolute atomic E-state index is 11.7. The van der Waals surface area contributed by atoms with Crippen LogP contribution in [0.5, 0.6) is 0 Å². The molecule has 5 aliphatic rings. The molecule has 218 valence electrons. The van der Waals surface area contributed by atoms with Crippen molar-refractivity contribution in [3.8, 4) is 0 Å². The summed E-state index contributed by atoms with van der Waals surface area (Å²) >= 11 is 0. The molecule has 38 heavy (non-hydrogen) atoms. The van der Waals surface area contributed by atoms with Gasteiger partial charge < -0.3 is 15.2 Å². The largest absolute Gasteiger partial charge is 0.497 e. The van der Waals surface area contributed by atoms with E-state index < -0.39 is 0 Å². The summed E-state index contributed by atoms with van der Waals surface area (Å²) in [5, 5.41) is 15.5. The van der Waals surface area contributed by atoms with Crippen molar-refractivity contribution in [3.05, 3.63) is 11.8 Å². The fourth-order valence-corrected chi connectivity index (χ4v) is 8.66. The Bertz CT molecular complexity index is 739. The average Bonchev–Trinajstić information content (AvgIpc) is 3.62. The van der Waals surface area contributed by atoms with Crippen LogP contribution in [0.3, 0.4) is 0 Å². The van der Waals surface area contributed by atoms with Gasteiger partial charge >= 0.3 is 0 Å². The van der Waals surface area contributed by atoms with Crippen LogP contribution < -0.4 is 5.32 Å². The first-order valence-corrected chi connectivity index (χ1v) is 17.2. The van der Waals surface area contributed by atoms with E-state index >= 15 is 0 Å². The molecule has 2 N–H and O–H groups in total. The zero-order valence-corrected chi connectivity index (χ0v) is 25.2. The van der Waals surface area contributed by atoms with E-state index in [0.29, 0.717) is 17.3 Å². The van der Waals surface area contributed by atoms with E-state index in [4.69, 9.17) is 4.74 Å². The van der Waals surface area contributed by atoms with Crippen molar-refractivity contribution in [1.82, 2.24) is 5.32 Å². The van der Waals surface area contributed by atoms with Gasteiger partial charge in [-0.1, -0.05) is 84.5 Å².